The van der Waals surface area contributed by atoms with Gasteiger partial charge in [-0.2, -0.15) is 0 Å². The highest BCUT2D eigenvalue weighted by atomic mass is 35.5. The van der Waals surface area contributed by atoms with Crippen LogP contribution in [0.25, 0.3) is 21.8 Å². The molecule has 2 aromatic heterocycles. The number of carbonyl (C=O) groups is 1. The molecule has 4 rings (SSSR count). The molecule has 4 aromatic rings. The average Bonchev–Trinajstić information content (AvgIpc) is 3.27. The highest BCUT2D eigenvalue weighted by Gasteiger charge is 2.31. The van der Waals surface area contributed by atoms with Crippen molar-refractivity contribution in [2.75, 3.05) is 6.54 Å². The molecule has 0 fully saturated rings. The summed E-state index contributed by atoms with van der Waals surface area (Å²) in [5.74, 6) is -0.286. The monoisotopic (exact) mass is 491 g/mol. The van der Waals surface area contributed by atoms with Crippen LogP contribution in [-0.4, -0.2) is 28.4 Å². The third-order valence-corrected chi connectivity index (χ3v) is 6.34. The molecule has 9 heteroatoms. The van der Waals surface area contributed by atoms with Gasteiger partial charge in [0.1, 0.15) is 5.75 Å². The Kier molecular flexibility index (Phi) is 6.79. The predicted octanol–water partition coefficient (Wildman–Crippen LogP) is 6.20. The van der Waals surface area contributed by atoms with Gasteiger partial charge in [0.15, 0.2) is 0 Å². The summed E-state index contributed by atoms with van der Waals surface area (Å²) in [5, 5.41) is 5.33. The van der Waals surface area contributed by atoms with E-state index in [-0.39, 0.29) is 11.7 Å². The third kappa shape index (κ3) is 5.33. The van der Waals surface area contributed by atoms with Crippen LogP contribution in [-0.2, 0) is 24.7 Å². The van der Waals surface area contributed by atoms with E-state index in [0.29, 0.717) is 37.3 Å². The van der Waals surface area contributed by atoms with Gasteiger partial charge in [0.2, 0.25) is 5.91 Å². The Balaban J connectivity index is 1.33. The van der Waals surface area contributed by atoms with E-state index < -0.39 is 6.36 Å². The zero-order chi connectivity index (χ0) is 24.5. The van der Waals surface area contributed by atoms with E-state index in [1.54, 1.807) is 6.07 Å². The van der Waals surface area contributed by atoms with Gasteiger partial charge in [-0.25, -0.2) is 0 Å². The summed E-state index contributed by atoms with van der Waals surface area (Å²) in [5.41, 5.74) is 4.79. The van der Waals surface area contributed by atoms with E-state index >= 15 is 0 Å². The molecule has 0 unspecified atom stereocenters. The summed E-state index contributed by atoms with van der Waals surface area (Å²) in [4.78, 5) is 15.5. The quantitative estimate of drug-likeness (QED) is 0.288. The van der Waals surface area contributed by atoms with Crippen LogP contribution in [0.5, 0.6) is 5.75 Å². The van der Waals surface area contributed by atoms with Crippen LogP contribution in [0, 0.1) is 6.92 Å². The predicted molar refractivity (Wildman–Crippen MR) is 127 cm³/mol. The Bertz CT molecular complexity index is 1340. The Labute approximate surface area is 199 Å². The first-order valence-corrected chi connectivity index (χ1v) is 11.4. The molecule has 0 spiro atoms. The smallest absolute Gasteiger partial charge is 0.406 e. The van der Waals surface area contributed by atoms with Crippen molar-refractivity contribution in [1.82, 2.24) is 14.9 Å². The molecule has 0 radical (unpaired) electrons. The minimum atomic E-state index is -4.74. The Hall–Kier alpha value is -3.13. The maximum Gasteiger partial charge on any atom is 0.573 e. The minimum absolute atomic E-state index is 0.0492. The fourth-order valence-electron chi connectivity index (χ4n) is 4.33. The van der Waals surface area contributed by atoms with Gasteiger partial charge >= 0.3 is 6.36 Å². The molecule has 0 saturated heterocycles. The number of nitrogens with zero attached hydrogens (tertiary/aromatic N) is 1. The molecule has 0 saturated carbocycles. The van der Waals surface area contributed by atoms with E-state index in [9.17, 15) is 18.0 Å². The maximum atomic E-state index is 12.6. The number of nitrogens with one attached hydrogen (secondary N) is 2. The van der Waals surface area contributed by atoms with Crippen molar-refractivity contribution in [3.8, 4) is 5.75 Å². The molecule has 2 heterocycles. The van der Waals surface area contributed by atoms with Crippen molar-refractivity contribution in [2.45, 2.75) is 39.0 Å². The highest BCUT2D eigenvalue weighted by Crippen LogP contribution is 2.32. The first-order valence-electron chi connectivity index (χ1n) is 11.0. The van der Waals surface area contributed by atoms with Gasteiger partial charge in [-0.1, -0.05) is 11.6 Å². The second-order valence-electron chi connectivity index (χ2n) is 8.31. The van der Waals surface area contributed by atoms with E-state index in [2.05, 4.69) is 15.0 Å². The molecule has 34 heavy (non-hydrogen) atoms. The summed E-state index contributed by atoms with van der Waals surface area (Å²) in [6.07, 6.45) is -0.602. The summed E-state index contributed by atoms with van der Waals surface area (Å²) >= 11 is 6.08. The lowest BCUT2D eigenvalue weighted by Gasteiger charge is -2.09. The number of carbonyl (C=O) groups excluding carboxylic acids is 1. The zero-order valence-electron chi connectivity index (χ0n) is 18.9. The molecule has 1 amide bonds. The van der Waals surface area contributed by atoms with Gasteiger partial charge < -0.3 is 19.6 Å². The van der Waals surface area contributed by atoms with Crippen LogP contribution in [0.15, 0.2) is 42.6 Å². The summed E-state index contributed by atoms with van der Waals surface area (Å²) in [6, 6.07) is 10.00. The number of aromatic amines is 1. The minimum Gasteiger partial charge on any atom is -0.406 e. The van der Waals surface area contributed by atoms with Gasteiger partial charge in [0.05, 0.1) is 0 Å². The van der Waals surface area contributed by atoms with Crippen LogP contribution >= 0.6 is 11.6 Å². The fraction of sp³-hybridized carbons (Fsp3) is 0.320. The molecule has 0 aliphatic carbocycles. The van der Waals surface area contributed by atoms with Crippen LogP contribution in [0.2, 0.25) is 5.02 Å². The van der Waals surface area contributed by atoms with Crippen LogP contribution in [0.1, 0.15) is 29.7 Å². The van der Waals surface area contributed by atoms with Crippen LogP contribution < -0.4 is 10.1 Å². The molecular formula is C25H25ClF3N3O2. The van der Waals surface area contributed by atoms with E-state index in [1.807, 2.05) is 42.9 Å². The molecule has 180 valence electrons. The number of benzene rings is 2. The summed E-state index contributed by atoms with van der Waals surface area (Å²) in [7, 11) is 1.88. The number of alkyl halides is 3. The normalized spacial score (nSPS) is 11.9. The van der Waals surface area contributed by atoms with Crippen LogP contribution in [0.4, 0.5) is 13.2 Å². The SMILES string of the molecule is Cc1c(CCCNC(=O)CCc2c[nH]c3ccc(Cl)cc23)c2cc(OC(F)(F)F)ccc2n1C. The average molecular weight is 492 g/mol. The second kappa shape index (κ2) is 9.62. The third-order valence-electron chi connectivity index (χ3n) is 6.10. The topological polar surface area (TPSA) is 59.1 Å². The van der Waals surface area contributed by atoms with E-state index in [4.69, 9.17) is 11.6 Å². The summed E-state index contributed by atoms with van der Waals surface area (Å²) in [6.45, 7) is 2.42. The van der Waals surface area contributed by atoms with Gasteiger partial charge in [-0.15, -0.1) is 13.2 Å². The first-order chi connectivity index (χ1) is 16.1. The number of amides is 1. The number of halogens is 4. The van der Waals surface area contributed by atoms with Crippen molar-refractivity contribution in [3.63, 3.8) is 0 Å². The number of hydrogen-bond donors (Lipinski definition) is 2. The number of aryl methyl sites for hydroxylation is 3. The molecule has 0 bridgehead atoms. The number of fused-ring (bicyclic) bond motifs is 2. The largest absolute Gasteiger partial charge is 0.573 e. The zero-order valence-corrected chi connectivity index (χ0v) is 19.6. The molecule has 0 aliphatic rings. The standard InChI is InChI=1S/C25H25ClF3N3O2/c1-15-19(21-13-18(34-25(27,28)29)7-9-23(21)32(15)2)4-3-11-30-24(33)10-5-16-14-31-22-8-6-17(26)12-20(16)22/h6-9,12-14,31H,3-5,10-11H2,1-2H3,(H,30,33). The fourth-order valence-corrected chi connectivity index (χ4v) is 4.50. The van der Waals surface area contributed by atoms with Crippen molar-refractivity contribution < 1.29 is 22.7 Å². The van der Waals surface area contributed by atoms with Crippen molar-refractivity contribution in [1.29, 1.82) is 0 Å². The lowest BCUT2D eigenvalue weighted by molar-refractivity contribution is -0.274. The van der Waals surface area contributed by atoms with Gasteiger partial charge in [0, 0.05) is 58.7 Å². The molecule has 0 aliphatic heterocycles. The number of H-pyrrole nitrogens is 1. The summed E-state index contributed by atoms with van der Waals surface area (Å²) < 4.78 is 43.9. The lowest BCUT2D eigenvalue weighted by Crippen LogP contribution is -2.25. The lowest BCUT2D eigenvalue weighted by atomic mass is 10.1. The maximum absolute atomic E-state index is 12.6. The van der Waals surface area contributed by atoms with E-state index in [1.165, 1.54) is 12.1 Å². The number of rotatable bonds is 8. The Morgan fingerprint density at radius 2 is 1.94 bits per heavy atom. The Morgan fingerprint density at radius 1 is 1.15 bits per heavy atom. The highest BCUT2D eigenvalue weighted by molar-refractivity contribution is 6.31. The molecule has 0 atom stereocenters. The Morgan fingerprint density at radius 3 is 2.71 bits per heavy atom. The number of aromatic nitrogens is 2. The number of hydrogen-bond acceptors (Lipinski definition) is 2. The molecular weight excluding hydrogens is 467 g/mol. The van der Waals surface area contributed by atoms with Gasteiger partial charge in [-0.3, -0.25) is 4.79 Å². The number of ether oxygens (including phenoxy) is 1. The van der Waals surface area contributed by atoms with Gasteiger partial charge in [0.25, 0.3) is 0 Å². The molecule has 2 aromatic carbocycles. The van der Waals surface area contributed by atoms with Crippen molar-refractivity contribution in [2.24, 2.45) is 7.05 Å². The second-order valence-corrected chi connectivity index (χ2v) is 8.74. The van der Waals surface area contributed by atoms with Crippen molar-refractivity contribution >= 4 is 39.3 Å². The first kappa shape index (κ1) is 24.0. The molecule has 2 N–H and O–H groups in total. The van der Waals surface area contributed by atoms with E-state index in [0.717, 1.165) is 38.6 Å². The van der Waals surface area contributed by atoms with Crippen LogP contribution in [0.3, 0.4) is 0 Å². The van der Waals surface area contributed by atoms with Gasteiger partial charge in [-0.05, 0) is 73.7 Å². The molecule has 5 nitrogen and oxygen atoms in total. The van der Waals surface area contributed by atoms with Crippen molar-refractivity contribution in [3.05, 3.63) is 64.4 Å².